The Morgan fingerprint density at radius 3 is 2.50 bits per heavy atom. The van der Waals surface area contributed by atoms with Crippen LogP contribution >= 0.6 is 0 Å². The second-order valence-corrected chi connectivity index (χ2v) is 8.84. The Morgan fingerprint density at radius 1 is 1.00 bits per heavy atom. The summed E-state index contributed by atoms with van der Waals surface area (Å²) in [5.74, 6) is 5.92. The van der Waals surface area contributed by atoms with Gasteiger partial charge in [0.2, 0.25) is 5.88 Å². The predicted molar refractivity (Wildman–Crippen MR) is 119 cm³/mol. The lowest BCUT2D eigenvalue weighted by Gasteiger charge is -2.08. The molecule has 0 bridgehead atoms. The molecular formula is C23H17FN4O3S. The van der Waals surface area contributed by atoms with Gasteiger partial charge in [-0.25, -0.2) is 27.8 Å². The molecule has 4 aromatic rings. The Kier molecular flexibility index (Phi) is 5.71. The summed E-state index contributed by atoms with van der Waals surface area (Å²) in [6.45, 7) is 0. The van der Waals surface area contributed by atoms with Gasteiger partial charge in [0.15, 0.2) is 15.7 Å². The molecule has 0 unspecified atom stereocenters. The third-order valence-corrected chi connectivity index (χ3v) is 5.69. The van der Waals surface area contributed by atoms with Crippen LogP contribution in [0.25, 0.3) is 10.8 Å². The standard InChI is InChI=1S/C23H17FN4O3S/c1-31-23-11-15(20(24)14-27-23)3-8-21-19-12-22(26-13-16(19)9-10-25-21)28-17-4-6-18(7-5-17)32(2,29)30/h4-7,9-14H,1-2H3,(H,26,28). The topological polar surface area (TPSA) is 94.1 Å². The molecule has 3 aromatic heterocycles. The van der Waals surface area contributed by atoms with Crippen LogP contribution in [0.4, 0.5) is 15.9 Å². The number of halogens is 1. The molecule has 4 rings (SSSR count). The number of aromatic nitrogens is 3. The molecule has 0 aliphatic carbocycles. The monoisotopic (exact) mass is 448 g/mol. The molecule has 160 valence electrons. The molecule has 0 spiro atoms. The number of anilines is 2. The van der Waals surface area contributed by atoms with E-state index in [-0.39, 0.29) is 16.3 Å². The molecule has 0 radical (unpaired) electrons. The van der Waals surface area contributed by atoms with Crippen molar-refractivity contribution in [1.29, 1.82) is 0 Å². The van der Waals surface area contributed by atoms with Crippen LogP contribution in [-0.2, 0) is 9.84 Å². The van der Waals surface area contributed by atoms with Crippen LogP contribution in [0.1, 0.15) is 11.3 Å². The smallest absolute Gasteiger partial charge is 0.214 e. The van der Waals surface area contributed by atoms with Crippen molar-refractivity contribution in [2.75, 3.05) is 18.7 Å². The summed E-state index contributed by atoms with van der Waals surface area (Å²) in [5.41, 5.74) is 1.27. The number of ether oxygens (including phenoxy) is 1. The van der Waals surface area contributed by atoms with Crippen molar-refractivity contribution < 1.29 is 17.5 Å². The van der Waals surface area contributed by atoms with Gasteiger partial charge in [0.05, 0.1) is 23.8 Å². The summed E-state index contributed by atoms with van der Waals surface area (Å²) in [4.78, 5) is 12.7. The molecule has 3 heterocycles. The van der Waals surface area contributed by atoms with E-state index < -0.39 is 15.7 Å². The highest BCUT2D eigenvalue weighted by Crippen LogP contribution is 2.23. The predicted octanol–water partition coefficient (Wildman–Crippen LogP) is 3.72. The summed E-state index contributed by atoms with van der Waals surface area (Å²) in [5, 5.41) is 4.68. The lowest BCUT2D eigenvalue weighted by atomic mass is 10.1. The zero-order chi connectivity index (χ0) is 22.7. The number of fused-ring (bicyclic) bond motifs is 1. The zero-order valence-corrected chi connectivity index (χ0v) is 17.9. The Hall–Kier alpha value is -4.03. The molecule has 0 saturated heterocycles. The second-order valence-electron chi connectivity index (χ2n) is 6.83. The lowest BCUT2D eigenvalue weighted by Crippen LogP contribution is -1.98. The van der Waals surface area contributed by atoms with E-state index in [0.29, 0.717) is 17.2 Å². The number of hydrogen-bond acceptors (Lipinski definition) is 7. The number of sulfone groups is 1. The molecule has 0 aliphatic rings. The molecule has 1 N–H and O–H groups in total. The van der Waals surface area contributed by atoms with Gasteiger partial charge < -0.3 is 10.1 Å². The first-order valence-electron chi connectivity index (χ1n) is 9.37. The van der Waals surface area contributed by atoms with Gasteiger partial charge in [0.25, 0.3) is 0 Å². The summed E-state index contributed by atoms with van der Waals surface area (Å²) in [7, 11) is -1.82. The molecule has 0 atom stereocenters. The van der Waals surface area contributed by atoms with E-state index in [2.05, 4.69) is 32.1 Å². The van der Waals surface area contributed by atoms with Crippen molar-refractivity contribution in [2.45, 2.75) is 4.90 Å². The van der Waals surface area contributed by atoms with E-state index in [1.807, 2.05) is 0 Å². The lowest BCUT2D eigenvalue weighted by molar-refractivity contribution is 0.395. The number of nitrogens with zero attached hydrogens (tertiary/aromatic N) is 3. The summed E-state index contributed by atoms with van der Waals surface area (Å²) < 4.78 is 42.3. The molecule has 0 saturated carbocycles. The Labute approximate surface area is 184 Å². The number of benzene rings is 1. The zero-order valence-electron chi connectivity index (χ0n) is 17.1. The Morgan fingerprint density at radius 2 is 1.78 bits per heavy atom. The molecule has 7 nitrogen and oxygen atoms in total. The van der Waals surface area contributed by atoms with Gasteiger partial charge in [-0.05, 0) is 42.3 Å². The van der Waals surface area contributed by atoms with Gasteiger partial charge in [-0.3, -0.25) is 0 Å². The van der Waals surface area contributed by atoms with Crippen molar-refractivity contribution in [2.24, 2.45) is 0 Å². The number of pyridine rings is 3. The minimum absolute atomic E-state index is 0.147. The van der Waals surface area contributed by atoms with E-state index in [1.165, 1.54) is 25.3 Å². The van der Waals surface area contributed by atoms with Crippen molar-refractivity contribution in [3.8, 4) is 17.7 Å². The SMILES string of the molecule is COc1cc(C#Cc2nccc3cnc(Nc4ccc(S(C)(=O)=O)cc4)cc23)c(F)cn1. The fourth-order valence-corrected chi connectivity index (χ4v) is 3.55. The van der Waals surface area contributed by atoms with Crippen molar-refractivity contribution in [3.63, 3.8) is 0 Å². The third-order valence-electron chi connectivity index (χ3n) is 4.56. The van der Waals surface area contributed by atoms with Crippen LogP contribution in [0, 0.1) is 17.7 Å². The van der Waals surface area contributed by atoms with Gasteiger partial charge in [0, 0.05) is 41.2 Å². The molecule has 0 amide bonds. The summed E-state index contributed by atoms with van der Waals surface area (Å²) in [6.07, 6.45) is 5.49. The first kappa shape index (κ1) is 21.2. The van der Waals surface area contributed by atoms with Gasteiger partial charge in [-0.2, -0.15) is 0 Å². The number of hydrogen-bond donors (Lipinski definition) is 1. The minimum atomic E-state index is -3.27. The number of rotatable bonds is 4. The second kappa shape index (κ2) is 8.61. The highest BCUT2D eigenvalue weighted by molar-refractivity contribution is 7.90. The first-order chi connectivity index (χ1) is 15.3. The fourth-order valence-electron chi connectivity index (χ4n) is 2.92. The highest BCUT2D eigenvalue weighted by Gasteiger charge is 2.08. The normalized spacial score (nSPS) is 11.0. The largest absolute Gasteiger partial charge is 0.481 e. The highest BCUT2D eigenvalue weighted by atomic mass is 32.2. The summed E-state index contributed by atoms with van der Waals surface area (Å²) >= 11 is 0. The number of nitrogens with one attached hydrogen (secondary N) is 1. The fraction of sp³-hybridized carbons (Fsp3) is 0.0870. The van der Waals surface area contributed by atoms with E-state index in [4.69, 9.17) is 4.74 Å². The van der Waals surface area contributed by atoms with Crippen LogP contribution in [0.2, 0.25) is 0 Å². The Balaban J connectivity index is 1.67. The average Bonchev–Trinajstić information content (AvgIpc) is 2.78. The van der Waals surface area contributed by atoms with Gasteiger partial charge in [0.1, 0.15) is 11.5 Å². The van der Waals surface area contributed by atoms with Crippen LogP contribution in [0.15, 0.2) is 66.0 Å². The van der Waals surface area contributed by atoms with E-state index >= 15 is 0 Å². The van der Waals surface area contributed by atoms with Crippen molar-refractivity contribution >= 4 is 32.1 Å². The molecule has 9 heteroatoms. The van der Waals surface area contributed by atoms with Crippen LogP contribution in [-0.4, -0.2) is 36.7 Å². The van der Waals surface area contributed by atoms with Crippen LogP contribution in [0.5, 0.6) is 5.88 Å². The summed E-state index contributed by atoms with van der Waals surface area (Å²) in [6, 6.07) is 11.4. The molecular weight excluding hydrogens is 431 g/mol. The quantitative estimate of drug-likeness (QED) is 0.476. The molecule has 32 heavy (non-hydrogen) atoms. The van der Waals surface area contributed by atoms with Crippen molar-refractivity contribution in [3.05, 3.63) is 78.1 Å². The minimum Gasteiger partial charge on any atom is -0.481 e. The van der Waals surface area contributed by atoms with Crippen LogP contribution < -0.4 is 10.1 Å². The van der Waals surface area contributed by atoms with Gasteiger partial charge in [-0.1, -0.05) is 5.92 Å². The van der Waals surface area contributed by atoms with E-state index in [0.717, 1.165) is 23.2 Å². The maximum Gasteiger partial charge on any atom is 0.214 e. The maximum absolute atomic E-state index is 14.0. The van der Waals surface area contributed by atoms with Crippen LogP contribution in [0.3, 0.4) is 0 Å². The molecule has 1 aromatic carbocycles. The van der Waals surface area contributed by atoms with Crippen molar-refractivity contribution in [1.82, 2.24) is 15.0 Å². The molecule has 0 fully saturated rings. The maximum atomic E-state index is 14.0. The average molecular weight is 448 g/mol. The van der Waals surface area contributed by atoms with E-state index in [9.17, 15) is 12.8 Å². The third kappa shape index (κ3) is 4.66. The van der Waals surface area contributed by atoms with Gasteiger partial charge >= 0.3 is 0 Å². The molecule has 0 aliphatic heterocycles. The van der Waals surface area contributed by atoms with E-state index in [1.54, 1.807) is 36.7 Å². The number of methoxy groups -OCH3 is 1. The first-order valence-corrected chi connectivity index (χ1v) is 11.3. The van der Waals surface area contributed by atoms with Gasteiger partial charge in [-0.15, -0.1) is 0 Å². The Bertz CT molecular complexity index is 1480.